The Labute approximate surface area is 121 Å². The second kappa shape index (κ2) is 6.38. The molecule has 0 aliphatic rings. The Morgan fingerprint density at radius 1 is 1.05 bits per heavy atom. The van der Waals surface area contributed by atoms with Gasteiger partial charge in [-0.3, -0.25) is 4.79 Å². The first-order valence-corrected chi connectivity index (χ1v) is 6.16. The van der Waals surface area contributed by atoms with Gasteiger partial charge >= 0.3 is 5.97 Å². The van der Waals surface area contributed by atoms with E-state index in [0.717, 1.165) is 5.56 Å². The van der Waals surface area contributed by atoms with Crippen molar-refractivity contribution in [1.82, 2.24) is 0 Å². The highest BCUT2D eigenvalue weighted by atomic mass is 16.4. The molecule has 2 aromatic carbocycles. The molecule has 1 amide bonds. The van der Waals surface area contributed by atoms with Crippen LogP contribution in [0.1, 0.15) is 15.9 Å². The van der Waals surface area contributed by atoms with E-state index in [4.69, 9.17) is 10.2 Å². The molecule has 0 saturated carbocycles. The van der Waals surface area contributed by atoms with Crippen molar-refractivity contribution >= 4 is 23.6 Å². The van der Waals surface area contributed by atoms with Crippen LogP contribution in [0.15, 0.2) is 54.6 Å². The fourth-order valence-corrected chi connectivity index (χ4v) is 1.67. The molecule has 0 bridgehead atoms. The Morgan fingerprint density at radius 2 is 1.76 bits per heavy atom. The zero-order valence-corrected chi connectivity index (χ0v) is 11.0. The van der Waals surface area contributed by atoms with Crippen molar-refractivity contribution in [3.63, 3.8) is 0 Å². The van der Waals surface area contributed by atoms with E-state index in [-0.39, 0.29) is 17.2 Å². The summed E-state index contributed by atoms with van der Waals surface area (Å²) in [6, 6.07) is 12.4. The smallest absolute Gasteiger partial charge is 0.335 e. The average Bonchev–Trinajstić information content (AvgIpc) is 2.47. The Bertz CT molecular complexity index is 690. The van der Waals surface area contributed by atoms with Gasteiger partial charge in [0.2, 0.25) is 5.91 Å². The van der Waals surface area contributed by atoms with E-state index < -0.39 is 5.97 Å². The highest BCUT2D eigenvalue weighted by molar-refractivity contribution is 6.02. The number of phenols is 1. The van der Waals surface area contributed by atoms with Crippen LogP contribution in [0.4, 0.5) is 5.69 Å². The number of anilines is 1. The largest absolute Gasteiger partial charge is 0.508 e. The average molecular weight is 283 g/mol. The van der Waals surface area contributed by atoms with Crippen molar-refractivity contribution in [2.45, 2.75) is 0 Å². The molecule has 21 heavy (non-hydrogen) atoms. The van der Waals surface area contributed by atoms with Crippen LogP contribution in [0.25, 0.3) is 6.08 Å². The Balaban J connectivity index is 2.03. The first-order chi connectivity index (χ1) is 10.0. The predicted octanol–water partition coefficient (Wildman–Crippen LogP) is 2.74. The van der Waals surface area contributed by atoms with Gasteiger partial charge in [0.05, 0.1) is 5.56 Å². The molecule has 0 aromatic heterocycles. The Morgan fingerprint density at radius 3 is 2.43 bits per heavy atom. The minimum atomic E-state index is -1.05. The van der Waals surface area contributed by atoms with Crippen molar-refractivity contribution < 1.29 is 19.8 Å². The third-order valence-corrected chi connectivity index (χ3v) is 2.70. The number of carboxylic acid groups (broad SMARTS) is 1. The topological polar surface area (TPSA) is 86.6 Å². The van der Waals surface area contributed by atoms with Gasteiger partial charge in [-0.1, -0.05) is 18.2 Å². The van der Waals surface area contributed by atoms with Gasteiger partial charge in [-0.25, -0.2) is 4.79 Å². The summed E-state index contributed by atoms with van der Waals surface area (Å²) in [5.74, 6) is -1.27. The molecule has 2 rings (SSSR count). The standard InChI is InChI=1S/C16H13NO4/c18-14-7-4-11(5-8-14)6-9-15(19)17-13-3-1-2-12(10-13)16(20)21/h1-10,18H,(H,17,19)(H,20,21)/b9-6+. The normalized spacial score (nSPS) is 10.5. The van der Waals surface area contributed by atoms with Crippen LogP contribution in [-0.2, 0) is 4.79 Å². The lowest BCUT2D eigenvalue weighted by Crippen LogP contribution is -2.08. The molecule has 2 aromatic rings. The molecule has 0 radical (unpaired) electrons. The second-order valence-electron chi connectivity index (χ2n) is 4.30. The van der Waals surface area contributed by atoms with Crippen molar-refractivity contribution in [2.75, 3.05) is 5.32 Å². The molecular formula is C16H13NO4. The zero-order chi connectivity index (χ0) is 15.2. The first kappa shape index (κ1) is 14.3. The van der Waals surface area contributed by atoms with E-state index in [1.807, 2.05) is 0 Å². The summed E-state index contributed by atoms with van der Waals surface area (Å²) in [5.41, 5.74) is 1.29. The fourth-order valence-electron chi connectivity index (χ4n) is 1.67. The molecule has 0 aliphatic carbocycles. The lowest BCUT2D eigenvalue weighted by atomic mass is 10.2. The molecule has 5 heteroatoms. The maximum absolute atomic E-state index is 11.7. The molecule has 0 atom stereocenters. The lowest BCUT2D eigenvalue weighted by Gasteiger charge is -2.03. The van der Waals surface area contributed by atoms with Gasteiger partial charge in [0.15, 0.2) is 0 Å². The second-order valence-corrected chi connectivity index (χ2v) is 4.30. The molecule has 0 aliphatic heterocycles. The lowest BCUT2D eigenvalue weighted by molar-refractivity contribution is -0.111. The highest BCUT2D eigenvalue weighted by Gasteiger charge is 2.04. The van der Waals surface area contributed by atoms with Crippen LogP contribution in [0.3, 0.4) is 0 Å². The predicted molar refractivity (Wildman–Crippen MR) is 79.2 cm³/mol. The molecule has 0 saturated heterocycles. The summed E-state index contributed by atoms with van der Waals surface area (Å²) in [7, 11) is 0. The van der Waals surface area contributed by atoms with E-state index in [1.165, 1.54) is 30.3 Å². The van der Waals surface area contributed by atoms with Crippen molar-refractivity contribution in [2.24, 2.45) is 0 Å². The fraction of sp³-hybridized carbons (Fsp3) is 0. The van der Waals surface area contributed by atoms with E-state index in [1.54, 1.807) is 30.3 Å². The minimum absolute atomic E-state index is 0.107. The monoisotopic (exact) mass is 283 g/mol. The van der Waals surface area contributed by atoms with Gasteiger partial charge in [0.1, 0.15) is 5.75 Å². The maximum atomic E-state index is 11.7. The summed E-state index contributed by atoms with van der Waals surface area (Å²) in [4.78, 5) is 22.6. The van der Waals surface area contributed by atoms with E-state index in [2.05, 4.69) is 5.32 Å². The molecular weight excluding hydrogens is 270 g/mol. The molecule has 0 fully saturated rings. The number of carboxylic acids is 1. The number of amides is 1. The van der Waals surface area contributed by atoms with Crippen molar-refractivity contribution in [3.8, 4) is 5.75 Å². The molecule has 0 unspecified atom stereocenters. The summed E-state index contributed by atoms with van der Waals surface area (Å²) < 4.78 is 0. The molecule has 106 valence electrons. The van der Waals surface area contributed by atoms with Gasteiger partial charge in [-0.15, -0.1) is 0 Å². The number of rotatable bonds is 4. The number of benzene rings is 2. The first-order valence-electron chi connectivity index (χ1n) is 6.16. The van der Waals surface area contributed by atoms with Gasteiger partial charge < -0.3 is 15.5 Å². The quantitative estimate of drug-likeness (QED) is 0.753. The maximum Gasteiger partial charge on any atom is 0.335 e. The summed E-state index contributed by atoms with van der Waals surface area (Å²) >= 11 is 0. The number of nitrogens with one attached hydrogen (secondary N) is 1. The van der Waals surface area contributed by atoms with Crippen molar-refractivity contribution in [3.05, 3.63) is 65.7 Å². The van der Waals surface area contributed by atoms with E-state index >= 15 is 0 Å². The number of hydrogen-bond donors (Lipinski definition) is 3. The van der Waals surface area contributed by atoms with E-state index in [0.29, 0.717) is 5.69 Å². The molecule has 5 nitrogen and oxygen atoms in total. The number of carbonyl (C=O) groups is 2. The minimum Gasteiger partial charge on any atom is -0.508 e. The van der Waals surface area contributed by atoms with Crippen LogP contribution >= 0.6 is 0 Å². The molecule has 3 N–H and O–H groups in total. The van der Waals surface area contributed by atoms with E-state index in [9.17, 15) is 9.59 Å². The summed E-state index contributed by atoms with van der Waals surface area (Å²) in [6.07, 6.45) is 2.93. The number of hydrogen-bond acceptors (Lipinski definition) is 3. The third kappa shape index (κ3) is 4.21. The van der Waals surface area contributed by atoms with Gasteiger partial charge in [0, 0.05) is 11.8 Å². The Hall–Kier alpha value is -3.08. The van der Waals surface area contributed by atoms with Gasteiger partial charge in [0.25, 0.3) is 0 Å². The summed E-state index contributed by atoms with van der Waals surface area (Å²) in [6.45, 7) is 0. The third-order valence-electron chi connectivity index (χ3n) is 2.70. The van der Waals surface area contributed by atoms with Crippen LogP contribution in [0, 0.1) is 0 Å². The van der Waals surface area contributed by atoms with Gasteiger partial charge in [-0.05, 0) is 42.0 Å². The number of aromatic hydroxyl groups is 1. The van der Waals surface area contributed by atoms with Crippen LogP contribution in [0.2, 0.25) is 0 Å². The zero-order valence-electron chi connectivity index (χ0n) is 11.0. The SMILES string of the molecule is O=C(/C=C/c1ccc(O)cc1)Nc1cccc(C(=O)O)c1. The number of carbonyl (C=O) groups excluding carboxylic acids is 1. The summed E-state index contributed by atoms with van der Waals surface area (Å²) in [5, 5.41) is 20.6. The van der Waals surface area contributed by atoms with Crippen molar-refractivity contribution in [1.29, 1.82) is 0 Å². The Kier molecular flexibility index (Phi) is 4.36. The molecule has 0 spiro atoms. The highest BCUT2D eigenvalue weighted by Crippen LogP contribution is 2.12. The van der Waals surface area contributed by atoms with Crippen LogP contribution in [-0.4, -0.2) is 22.1 Å². The molecule has 0 heterocycles. The van der Waals surface area contributed by atoms with Crippen LogP contribution in [0.5, 0.6) is 5.75 Å². The number of aromatic carboxylic acids is 1. The number of phenolic OH excluding ortho intramolecular Hbond substituents is 1. The van der Waals surface area contributed by atoms with Crippen LogP contribution < -0.4 is 5.32 Å². The van der Waals surface area contributed by atoms with Gasteiger partial charge in [-0.2, -0.15) is 0 Å².